The van der Waals surface area contributed by atoms with Crippen LogP contribution in [0.3, 0.4) is 0 Å². The average molecular weight is 505 g/mol. The summed E-state index contributed by atoms with van der Waals surface area (Å²) >= 11 is 6.22. The maximum absolute atomic E-state index is 13.3. The zero-order valence-electron chi connectivity index (χ0n) is 18.9. The van der Waals surface area contributed by atoms with Gasteiger partial charge in [-0.2, -0.15) is 0 Å². The van der Waals surface area contributed by atoms with Crippen LogP contribution in [0.15, 0.2) is 72.4 Å². The van der Waals surface area contributed by atoms with Gasteiger partial charge in [0.1, 0.15) is 16.5 Å². The quantitative estimate of drug-likeness (QED) is 0.297. The molecule has 0 radical (unpaired) electrons. The van der Waals surface area contributed by atoms with E-state index in [-0.39, 0.29) is 29.1 Å². The van der Waals surface area contributed by atoms with Crippen molar-refractivity contribution in [1.82, 2.24) is 25.5 Å². The van der Waals surface area contributed by atoms with Gasteiger partial charge >= 0.3 is 6.03 Å². The van der Waals surface area contributed by atoms with Gasteiger partial charge in [-0.3, -0.25) is 9.78 Å². The second-order valence-electron chi connectivity index (χ2n) is 8.05. The van der Waals surface area contributed by atoms with Gasteiger partial charge in [-0.05, 0) is 61.9 Å². The summed E-state index contributed by atoms with van der Waals surface area (Å²) in [5, 5.41) is 13.1. The van der Waals surface area contributed by atoms with E-state index in [2.05, 4.69) is 15.3 Å². The smallest absolute Gasteiger partial charge is 0.332 e. The Hall–Kier alpha value is -3.83. The van der Waals surface area contributed by atoms with E-state index in [0.29, 0.717) is 17.9 Å². The molecule has 3 N–H and O–H groups in total. The Morgan fingerprint density at radius 1 is 1.23 bits per heavy atom. The number of allylic oxidation sites excluding steroid dienone is 4. The largest absolute Gasteiger partial charge is 0.512 e. The summed E-state index contributed by atoms with van der Waals surface area (Å²) in [5.74, 6) is 0.0664. The molecule has 9 nitrogen and oxygen atoms in total. The van der Waals surface area contributed by atoms with Crippen molar-refractivity contribution in [3.8, 4) is 0 Å². The topological polar surface area (TPSA) is 111 Å². The first kappa shape index (κ1) is 25.8. The molecule has 35 heavy (non-hydrogen) atoms. The van der Waals surface area contributed by atoms with E-state index in [1.807, 2.05) is 6.07 Å². The Morgan fingerprint density at radius 2 is 1.97 bits per heavy atom. The number of aliphatic hydroxyl groups is 1. The summed E-state index contributed by atoms with van der Waals surface area (Å²) in [6, 6.07) is 6.64. The molecule has 0 spiro atoms. The van der Waals surface area contributed by atoms with Gasteiger partial charge in [-0.15, -0.1) is 8.96 Å². The number of aromatic nitrogens is 2. The molecule has 0 saturated carbocycles. The first-order valence-electron chi connectivity index (χ1n) is 10.4. The zero-order valence-corrected chi connectivity index (χ0v) is 19.6. The third kappa shape index (κ3) is 6.00. The maximum Gasteiger partial charge on any atom is 0.332 e. The van der Waals surface area contributed by atoms with Crippen molar-refractivity contribution in [2.24, 2.45) is 0 Å². The van der Waals surface area contributed by atoms with Crippen LogP contribution in [-0.4, -0.2) is 42.4 Å². The van der Waals surface area contributed by atoms with Gasteiger partial charge < -0.3 is 15.3 Å². The minimum Gasteiger partial charge on any atom is -0.512 e. The molecule has 184 valence electrons. The molecule has 1 aliphatic heterocycles. The molecule has 3 amide bonds. The normalized spacial score (nSPS) is 16.8. The zero-order chi connectivity index (χ0) is 25.6. The predicted octanol–water partition coefficient (Wildman–Crippen LogP) is 5.05. The van der Waals surface area contributed by atoms with E-state index in [1.54, 1.807) is 62.7 Å². The molecule has 4 rings (SSSR count). The van der Waals surface area contributed by atoms with Crippen LogP contribution in [-0.2, 0) is 11.3 Å². The highest BCUT2D eigenvalue weighted by Gasteiger charge is 2.52. The maximum atomic E-state index is 13.3. The van der Waals surface area contributed by atoms with Gasteiger partial charge in [0.2, 0.25) is 0 Å². The van der Waals surface area contributed by atoms with Gasteiger partial charge in [0, 0.05) is 24.9 Å². The molecule has 3 heterocycles. The summed E-state index contributed by atoms with van der Waals surface area (Å²) in [6.45, 7) is 3.58. The molecule has 0 unspecified atom stereocenters. The Bertz CT molecular complexity index is 1190. The molecule has 12 heteroatoms. The Balaban J connectivity index is 0.00000108. The highest BCUT2D eigenvalue weighted by atomic mass is 35.5. The van der Waals surface area contributed by atoms with Crippen LogP contribution in [0, 0.1) is 0 Å². The first-order valence-corrected chi connectivity index (χ1v) is 10.8. The van der Waals surface area contributed by atoms with Gasteiger partial charge in [-0.25, -0.2) is 14.7 Å². The third-order valence-electron chi connectivity index (χ3n) is 5.27. The van der Waals surface area contributed by atoms with Crippen molar-refractivity contribution in [3.63, 3.8) is 0 Å². The highest BCUT2D eigenvalue weighted by molar-refractivity contribution is 6.29. The van der Waals surface area contributed by atoms with Crippen LogP contribution in [0.4, 0.5) is 25.3 Å². The van der Waals surface area contributed by atoms with Crippen molar-refractivity contribution in [3.05, 3.63) is 83.1 Å². The standard InChI is InChI=1S/C23H22ClN5O3.F2HN/c1-23(2)21(31)29(17-6-3-7-18(30)9-8-17)22(32)28(23)14-15-11-19(24)27-20(12-15)26-16-5-4-10-25-13-16;1-3-2/h3-6,8-13,30H,7,14H2,1-2H3,(H,26,27);3H. The monoisotopic (exact) mass is 504 g/mol. The molecular formula is C23H23ClF2N6O3. The van der Waals surface area contributed by atoms with Gasteiger partial charge in [-0.1, -0.05) is 17.7 Å². The minimum atomic E-state index is -1.07. The Morgan fingerprint density at radius 3 is 2.66 bits per heavy atom. The lowest BCUT2D eigenvalue weighted by Gasteiger charge is -2.28. The molecule has 0 bridgehead atoms. The number of carbonyl (C=O) groups is 2. The summed E-state index contributed by atoms with van der Waals surface area (Å²) in [7, 11) is 0. The summed E-state index contributed by atoms with van der Waals surface area (Å²) in [4.78, 5) is 37.4. The minimum absolute atomic E-state index is 0.159. The average Bonchev–Trinajstić information content (AvgIpc) is 2.94. The number of anilines is 2. The fourth-order valence-electron chi connectivity index (χ4n) is 3.56. The number of amides is 3. The lowest BCUT2D eigenvalue weighted by molar-refractivity contribution is -0.130. The fraction of sp³-hybridized carbons (Fsp3) is 0.217. The summed E-state index contributed by atoms with van der Waals surface area (Å²) in [5.41, 5.74) is 0.800. The van der Waals surface area contributed by atoms with E-state index in [1.165, 1.54) is 11.0 Å². The lowest BCUT2D eigenvalue weighted by atomic mass is 10.0. The summed E-state index contributed by atoms with van der Waals surface area (Å²) in [6.07, 6.45) is 10.1. The molecule has 2 aliphatic rings. The number of hydrogen-bond acceptors (Lipinski definition) is 7. The third-order valence-corrected chi connectivity index (χ3v) is 5.47. The van der Waals surface area contributed by atoms with E-state index in [9.17, 15) is 23.7 Å². The number of nitrogens with zero attached hydrogens (tertiary/aromatic N) is 4. The van der Waals surface area contributed by atoms with E-state index in [4.69, 9.17) is 11.6 Å². The first-order chi connectivity index (χ1) is 16.7. The van der Waals surface area contributed by atoms with Gasteiger partial charge in [0.05, 0.1) is 23.3 Å². The predicted molar refractivity (Wildman–Crippen MR) is 127 cm³/mol. The number of nitrogens with one attached hydrogen (secondary N) is 2. The SMILES string of the molecule is CC1(C)C(=O)N(C2=CC=C(O)CC=C2)C(=O)N1Cc1cc(Cl)nc(Nc2cccnc2)c1.FNF. The molecule has 1 fully saturated rings. The van der Waals surface area contributed by atoms with Gasteiger partial charge in [0.25, 0.3) is 5.91 Å². The van der Waals surface area contributed by atoms with Crippen molar-refractivity contribution in [2.45, 2.75) is 32.4 Å². The molecule has 2 aromatic rings. The molecule has 0 atom stereocenters. The van der Waals surface area contributed by atoms with Crippen molar-refractivity contribution < 1.29 is 23.7 Å². The van der Waals surface area contributed by atoms with Crippen LogP contribution in [0.25, 0.3) is 0 Å². The molecular weight excluding hydrogens is 482 g/mol. The lowest BCUT2D eigenvalue weighted by Crippen LogP contribution is -2.43. The highest BCUT2D eigenvalue weighted by Crippen LogP contribution is 2.33. The number of aliphatic hydroxyl groups excluding tert-OH is 1. The molecule has 0 aromatic carbocycles. The fourth-order valence-corrected chi connectivity index (χ4v) is 3.79. The van der Waals surface area contributed by atoms with Crippen molar-refractivity contribution in [2.75, 3.05) is 5.32 Å². The van der Waals surface area contributed by atoms with Crippen molar-refractivity contribution in [1.29, 1.82) is 0 Å². The van der Waals surface area contributed by atoms with E-state index < -0.39 is 11.6 Å². The number of pyridine rings is 2. The molecule has 1 aliphatic carbocycles. The number of hydrogen-bond donors (Lipinski definition) is 3. The van der Waals surface area contributed by atoms with Crippen molar-refractivity contribution >= 4 is 35.0 Å². The van der Waals surface area contributed by atoms with Crippen LogP contribution < -0.4 is 11.1 Å². The van der Waals surface area contributed by atoms with E-state index in [0.717, 1.165) is 16.2 Å². The van der Waals surface area contributed by atoms with Gasteiger partial charge in [0.15, 0.2) is 0 Å². The summed E-state index contributed by atoms with van der Waals surface area (Å²) < 4.78 is 18.8. The number of rotatable bonds is 5. The van der Waals surface area contributed by atoms with Crippen LogP contribution in [0.1, 0.15) is 25.8 Å². The second-order valence-corrected chi connectivity index (χ2v) is 8.43. The molecule has 2 aromatic heterocycles. The molecule has 1 saturated heterocycles. The Labute approximate surface area is 205 Å². The Kier molecular flexibility index (Phi) is 8.15. The van der Waals surface area contributed by atoms with E-state index >= 15 is 0 Å². The van der Waals surface area contributed by atoms with Crippen LogP contribution in [0.5, 0.6) is 0 Å². The number of halogens is 3. The number of urea groups is 1. The second kappa shape index (κ2) is 11.1. The number of imide groups is 1. The van der Waals surface area contributed by atoms with Crippen LogP contribution >= 0.6 is 11.6 Å². The van der Waals surface area contributed by atoms with Crippen LogP contribution in [0.2, 0.25) is 5.15 Å². The number of carbonyl (C=O) groups excluding carboxylic acids is 2.